The van der Waals surface area contributed by atoms with E-state index in [9.17, 15) is 0 Å². The number of ether oxygens (including phenoxy) is 2. The van der Waals surface area contributed by atoms with Crippen molar-refractivity contribution in [3.63, 3.8) is 0 Å². The lowest BCUT2D eigenvalue weighted by molar-refractivity contribution is 0.0207. The van der Waals surface area contributed by atoms with Crippen LogP contribution in [0, 0.1) is 0 Å². The molecule has 0 radical (unpaired) electrons. The SMILES string of the molecule is COc1ccc2cc(CNCC3(C)CCCO3)ccc2c1. The van der Waals surface area contributed by atoms with Gasteiger partial charge in [-0.2, -0.15) is 0 Å². The Hall–Kier alpha value is -1.58. The summed E-state index contributed by atoms with van der Waals surface area (Å²) in [6.07, 6.45) is 2.33. The molecule has 1 N–H and O–H groups in total. The van der Waals surface area contributed by atoms with E-state index >= 15 is 0 Å². The molecule has 1 heterocycles. The lowest BCUT2D eigenvalue weighted by atomic mass is 10.0. The second kappa shape index (κ2) is 6.04. The summed E-state index contributed by atoms with van der Waals surface area (Å²) in [5, 5.41) is 5.98. The third-order valence-electron chi connectivity index (χ3n) is 4.24. The highest BCUT2D eigenvalue weighted by molar-refractivity contribution is 5.84. The Balaban J connectivity index is 1.64. The first-order chi connectivity index (χ1) is 10.2. The van der Waals surface area contributed by atoms with E-state index in [0.717, 1.165) is 31.9 Å². The zero-order valence-corrected chi connectivity index (χ0v) is 12.8. The number of rotatable bonds is 5. The lowest BCUT2D eigenvalue weighted by Gasteiger charge is -2.23. The van der Waals surface area contributed by atoms with Crippen LogP contribution in [0.4, 0.5) is 0 Å². The van der Waals surface area contributed by atoms with Gasteiger partial charge in [0.1, 0.15) is 5.75 Å². The van der Waals surface area contributed by atoms with E-state index in [2.05, 4.69) is 42.6 Å². The van der Waals surface area contributed by atoms with Gasteiger partial charge in [-0.25, -0.2) is 0 Å². The highest BCUT2D eigenvalue weighted by atomic mass is 16.5. The molecule has 0 saturated carbocycles. The van der Waals surface area contributed by atoms with Crippen LogP contribution < -0.4 is 10.1 Å². The Morgan fingerprint density at radius 3 is 2.76 bits per heavy atom. The van der Waals surface area contributed by atoms with Crippen LogP contribution >= 0.6 is 0 Å². The van der Waals surface area contributed by atoms with Crippen LogP contribution in [0.3, 0.4) is 0 Å². The Labute approximate surface area is 126 Å². The Kier molecular flexibility index (Phi) is 4.13. The van der Waals surface area contributed by atoms with E-state index in [1.807, 2.05) is 6.07 Å². The summed E-state index contributed by atoms with van der Waals surface area (Å²) < 4.78 is 11.1. The number of benzene rings is 2. The molecule has 1 unspecified atom stereocenters. The van der Waals surface area contributed by atoms with E-state index in [4.69, 9.17) is 9.47 Å². The second-order valence-corrected chi connectivity index (χ2v) is 6.05. The maximum atomic E-state index is 5.80. The molecule has 1 aliphatic heterocycles. The molecule has 0 amide bonds. The third kappa shape index (κ3) is 3.36. The smallest absolute Gasteiger partial charge is 0.119 e. The van der Waals surface area contributed by atoms with E-state index in [1.54, 1.807) is 7.11 Å². The molecular weight excluding hydrogens is 262 g/mol. The topological polar surface area (TPSA) is 30.5 Å². The quantitative estimate of drug-likeness (QED) is 0.912. The molecule has 21 heavy (non-hydrogen) atoms. The fourth-order valence-corrected chi connectivity index (χ4v) is 2.96. The molecule has 1 fully saturated rings. The van der Waals surface area contributed by atoms with Gasteiger partial charge in [0.15, 0.2) is 0 Å². The van der Waals surface area contributed by atoms with Crippen molar-refractivity contribution < 1.29 is 9.47 Å². The number of nitrogens with one attached hydrogen (secondary N) is 1. The van der Waals surface area contributed by atoms with Crippen LogP contribution in [0.1, 0.15) is 25.3 Å². The molecule has 3 rings (SSSR count). The molecular formula is C18H23NO2. The summed E-state index contributed by atoms with van der Waals surface area (Å²) >= 11 is 0. The first kappa shape index (κ1) is 14.4. The standard InChI is InChI=1S/C18H23NO2/c1-18(8-3-9-21-18)13-19-12-14-4-5-16-11-17(20-2)7-6-15(16)10-14/h4-7,10-11,19H,3,8-9,12-13H2,1-2H3. The predicted octanol–water partition coefficient (Wildman–Crippen LogP) is 3.51. The minimum Gasteiger partial charge on any atom is -0.497 e. The fourth-order valence-electron chi connectivity index (χ4n) is 2.96. The van der Waals surface area contributed by atoms with Crippen molar-refractivity contribution in [2.75, 3.05) is 20.3 Å². The van der Waals surface area contributed by atoms with Crippen molar-refractivity contribution in [1.82, 2.24) is 5.32 Å². The predicted molar refractivity (Wildman–Crippen MR) is 85.8 cm³/mol. The van der Waals surface area contributed by atoms with Gasteiger partial charge >= 0.3 is 0 Å². The molecule has 1 atom stereocenters. The Bertz CT molecular complexity index is 618. The van der Waals surface area contributed by atoms with E-state index in [0.29, 0.717) is 0 Å². The Morgan fingerprint density at radius 2 is 2.00 bits per heavy atom. The average molecular weight is 285 g/mol. The Morgan fingerprint density at radius 1 is 1.19 bits per heavy atom. The van der Waals surface area contributed by atoms with Crippen LogP contribution in [0.15, 0.2) is 36.4 Å². The zero-order valence-electron chi connectivity index (χ0n) is 12.8. The minimum absolute atomic E-state index is 0.0181. The number of methoxy groups -OCH3 is 1. The molecule has 2 aromatic carbocycles. The molecule has 1 saturated heterocycles. The molecule has 2 aromatic rings. The van der Waals surface area contributed by atoms with Crippen LogP contribution in [-0.2, 0) is 11.3 Å². The van der Waals surface area contributed by atoms with E-state index < -0.39 is 0 Å². The maximum absolute atomic E-state index is 5.80. The monoisotopic (exact) mass is 285 g/mol. The summed E-state index contributed by atoms with van der Waals surface area (Å²) in [7, 11) is 1.70. The van der Waals surface area contributed by atoms with Crippen molar-refractivity contribution >= 4 is 10.8 Å². The first-order valence-corrected chi connectivity index (χ1v) is 7.60. The zero-order chi connectivity index (χ0) is 14.7. The van der Waals surface area contributed by atoms with Crippen LogP contribution in [0.25, 0.3) is 10.8 Å². The fraction of sp³-hybridized carbons (Fsp3) is 0.444. The molecule has 112 valence electrons. The highest BCUT2D eigenvalue weighted by Crippen LogP contribution is 2.24. The van der Waals surface area contributed by atoms with Gasteiger partial charge in [-0.15, -0.1) is 0 Å². The molecule has 0 spiro atoms. The van der Waals surface area contributed by atoms with Crippen LogP contribution in [0.2, 0.25) is 0 Å². The van der Waals surface area contributed by atoms with Crippen molar-refractivity contribution in [1.29, 1.82) is 0 Å². The van der Waals surface area contributed by atoms with Crippen molar-refractivity contribution in [3.05, 3.63) is 42.0 Å². The van der Waals surface area contributed by atoms with Crippen LogP contribution in [0.5, 0.6) is 5.75 Å². The summed E-state index contributed by atoms with van der Waals surface area (Å²) in [4.78, 5) is 0. The normalized spacial score (nSPS) is 21.8. The van der Waals surface area contributed by atoms with Gasteiger partial charge in [-0.3, -0.25) is 0 Å². The molecule has 3 heteroatoms. The van der Waals surface area contributed by atoms with E-state index in [1.165, 1.54) is 22.8 Å². The minimum atomic E-state index is 0.0181. The maximum Gasteiger partial charge on any atom is 0.119 e. The second-order valence-electron chi connectivity index (χ2n) is 6.05. The number of fused-ring (bicyclic) bond motifs is 1. The number of hydrogen-bond donors (Lipinski definition) is 1. The van der Waals surface area contributed by atoms with Gasteiger partial charge in [0, 0.05) is 19.7 Å². The summed E-state index contributed by atoms with van der Waals surface area (Å²) in [5.41, 5.74) is 1.32. The van der Waals surface area contributed by atoms with E-state index in [-0.39, 0.29) is 5.60 Å². The van der Waals surface area contributed by atoms with Crippen molar-refractivity contribution in [2.24, 2.45) is 0 Å². The first-order valence-electron chi connectivity index (χ1n) is 7.60. The third-order valence-corrected chi connectivity index (χ3v) is 4.24. The van der Waals surface area contributed by atoms with Gasteiger partial charge < -0.3 is 14.8 Å². The summed E-state index contributed by atoms with van der Waals surface area (Å²) in [6.45, 7) is 4.88. The molecule has 0 aromatic heterocycles. The van der Waals surface area contributed by atoms with Crippen molar-refractivity contribution in [2.45, 2.75) is 31.9 Å². The summed E-state index contributed by atoms with van der Waals surface area (Å²) in [6, 6.07) is 12.8. The van der Waals surface area contributed by atoms with Gasteiger partial charge in [0.05, 0.1) is 12.7 Å². The molecule has 1 aliphatic rings. The van der Waals surface area contributed by atoms with Gasteiger partial charge in [-0.1, -0.05) is 18.2 Å². The lowest BCUT2D eigenvalue weighted by Crippen LogP contribution is -2.36. The van der Waals surface area contributed by atoms with Gasteiger partial charge in [-0.05, 0) is 54.3 Å². The van der Waals surface area contributed by atoms with Gasteiger partial charge in [0.2, 0.25) is 0 Å². The highest BCUT2D eigenvalue weighted by Gasteiger charge is 2.28. The molecule has 3 nitrogen and oxygen atoms in total. The summed E-state index contributed by atoms with van der Waals surface area (Å²) in [5.74, 6) is 0.902. The van der Waals surface area contributed by atoms with Gasteiger partial charge in [0.25, 0.3) is 0 Å². The average Bonchev–Trinajstić information content (AvgIpc) is 2.93. The van der Waals surface area contributed by atoms with Crippen LogP contribution in [-0.4, -0.2) is 25.9 Å². The molecule has 0 bridgehead atoms. The largest absolute Gasteiger partial charge is 0.497 e. The number of hydrogen-bond acceptors (Lipinski definition) is 3. The molecule has 0 aliphatic carbocycles. The van der Waals surface area contributed by atoms with Crippen molar-refractivity contribution in [3.8, 4) is 5.75 Å².